The second-order valence-electron chi connectivity index (χ2n) is 4.99. The highest BCUT2D eigenvalue weighted by Crippen LogP contribution is 2.15. The molecule has 22 heavy (non-hydrogen) atoms. The van der Waals surface area contributed by atoms with Crippen molar-refractivity contribution in [2.45, 2.75) is 17.9 Å². The summed E-state index contributed by atoms with van der Waals surface area (Å²) in [6, 6.07) is 5.93. The van der Waals surface area contributed by atoms with E-state index in [1.165, 1.54) is 12.1 Å². The number of ether oxygens (including phenoxy) is 1. The van der Waals surface area contributed by atoms with Crippen LogP contribution in [0, 0.1) is 12.3 Å². The first-order chi connectivity index (χ1) is 10.4. The van der Waals surface area contributed by atoms with Crippen LogP contribution >= 0.6 is 0 Å². The van der Waals surface area contributed by atoms with Gasteiger partial charge >= 0.3 is 0 Å². The van der Waals surface area contributed by atoms with Gasteiger partial charge < -0.3 is 9.64 Å². The molecule has 1 saturated heterocycles. The Morgan fingerprint density at radius 2 is 2.32 bits per heavy atom. The van der Waals surface area contributed by atoms with Crippen molar-refractivity contribution in [2.24, 2.45) is 0 Å². The van der Waals surface area contributed by atoms with Crippen LogP contribution in [0.5, 0.6) is 0 Å². The van der Waals surface area contributed by atoms with Gasteiger partial charge in [-0.05, 0) is 25.1 Å². The van der Waals surface area contributed by atoms with Crippen LogP contribution in [0.4, 0.5) is 0 Å². The normalized spacial score (nSPS) is 18.7. The summed E-state index contributed by atoms with van der Waals surface area (Å²) in [5.41, 5.74) is 0.331. The molecular weight excluding hydrogens is 304 g/mol. The lowest BCUT2D eigenvalue weighted by Crippen LogP contribution is -2.44. The van der Waals surface area contributed by atoms with Crippen LogP contribution in [0.3, 0.4) is 0 Å². The number of benzene rings is 1. The van der Waals surface area contributed by atoms with E-state index >= 15 is 0 Å². The van der Waals surface area contributed by atoms with E-state index in [-0.39, 0.29) is 23.5 Å². The molecule has 1 atom stereocenters. The maximum absolute atomic E-state index is 12.5. The Morgan fingerprint density at radius 1 is 1.55 bits per heavy atom. The average Bonchev–Trinajstić information content (AvgIpc) is 2.52. The fraction of sp³-hybridized carbons (Fsp3) is 0.400. The monoisotopic (exact) mass is 322 g/mol. The molecule has 1 N–H and O–H groups in total. The van der Waals surface area contributed by atoms with Crippen LogP contribution in [-0.2, 0) is 14.8 Å². The van der Waals surface area contributed by atoms with E-state index in [9.17, 15) is 13.2 Å². The summed E-state index contributed by atoms with van der Waals surface area (Å²) in [5.74, 6) is 2.00. The molecule has 1 aliphatic rings. The van der Waals surface area contributed by atoms with Gasteiger partial charge in [0.1, 0.15) is 0 Å². The number of carbonyl (C=O) groups is 1. The van der Waals surface area contributed by atoms with Crippen LogP contribution in [0.15, 0.2) is 29.2 Å². The first kappa shape index (κ1) is 16.5. The lowest BCUT2D eigenvalue weighted by molar-refractivity contribution is -0.0124. The molecule has 0 spiro atoms. The predicted octanol–water partition coefficient (Wildman–Crippen LogP) is 0.459. The fourth-order valence-electron chi connectivity index (χ4n) is 2.20. The quantitative estimate of drug-likeness (QED) is 0.817. The molecule has 6 nitrogen and oxygen atoms in total. The summed E-state index contributed by atoms with van der Waals surface area (Å²) in [6.07, 6.45) is 5.03. The third-order valence-electron chi connectivity index (χ3n) is 3.28. The van der Waals surface area contributed by atoms with Gasteiger partial charge in [0.05, 0.1) is 24.2 Å². The highest BCUT2D eigenvalue weighted by atomic mass is 32.2. The lowest BCUT2D eigenvalue weighted by atomic mass is 10.2. The van der Waals surface area contributed by atoms with Crippen LogP contribution in [0.2, 0.25) is 0 Å². The molecule has 1 unspecified atom stereocenters. The van der Waals surface area contributed by atoms with Gasteiger partial charge in [-0.25, -0.2) is 8.42 Å². The summed E-state index contributed by atoms with van der Waals surface area (Å²) in [6.45, 7) is 3.26. The minimum atomic E-state index is -3.71. The molecule has 0 radical (unpaired) electrons. The largest absolute Gasteiger partial charge is 0.375 e. The molecule has 1 aliphatic heterocycles. The number of hydrogen-bond donors (Lipinski definition) is 1. The van der Waals surface area contributed by atoms with Crippen molar-refractivity contribution < 1.29 is 17.9 Å². The average molecular weight is 322 g/mol. The molecule has 0 aromatic heterocycles. The molecular formula is C15H18N2O4S. The van der Waals surface area contributed by atoms with E-state index in [1.54, 1.807) is 17.0 Å². The number of nitrogens with zero attached hydrogens (tertiary/aromatic N) is 1. The highest BCUT2D eigenvalue weighted by molar-refractivity contribution is 7.89. The number of amides is 1. The Bertz CT molecular complexity index is 694. The molecule has 0 saturated carbocycles. The van der Waals surface area contributed by atoms with Crippen LogP contribution in [-0.4, -0.2) is 51.6 Å². The first-order valence-corrected chi connectivity index (χ1v) is 8.36. The molecule has 118 valence electrons. The van der Waals surface area contributed by atoms with Crippen molar-refractivity contribution in [1.29, 1.82) is 0 Å². The van der Waals surface area contributed by atoms with Crippen molar-refractivity contribution in [3.8, 4) is 12.3 Å². The SMILES string of the molecule is C#CCNS(=O)(=O)c1cccc(C(=O)N2CCOC(C)C2)c1. The van der Waals surface area contributed by atoms with E-state index in [2.05, 4.69) is 10.6 Å². The molecule has 7 heteroatoms. The number of nitrogens with one attached hydrogen (secondary N) is 1. The van der Waals surface area contributed by atoms with Gasteiger partial charge in [0.25, 0.3) is 5.91 Å². The number of morpholine rings is 1. The van der Waals surface area contributed by atoms with E-state index in [0.717, 1.165) is 0 Å². The van der Waals surface area contributed by atoms with Gasteiger partial charge in [0.15, 0.2) is 0 Å². The summed E-state index contributed by atoms with van der Waals surface area (Å²) in [5, 5.41) is 0. The zero-order valence-electron chi connectivity index (χ0n) is 12.3. The number of sulfonamides is 1. The van der Waals surface area contributed by atoms with Gasteiger partial charge in [-0.3, -0.25) is 4.79 Å². The Morgan fingerprint density at radius 3 is 3.00 bits per heavy atom. The third-order valence-corrected chi connectivity index (χ3v) is 4.68. The standard InChI is InChI=1S/C15H18N2O4S/c1-3-7-16-22(19,20)14-6-4-5-13(10-14)15(18)17-8-9-21-12(2)11-17/h1,4-6,10,12,16H,7-9,11H2,2H3. The smallest absolute Gasteiger partial charge is 0.254 e. The molecule has 0 bridgehead atoms. The molecule has 0 aliphatic carbocycles. The molecule has 1 aromatic carbocycles. The minimum absolute atomic E-state index is 0.0231. The second-order valence-corrected chi connectivity index (χ2v) is 6.76. The van der Waals surface area contributed by atoms with E-state index in [0.29, 0.717) is 25.3 Å². The van der Waals surface area contributed by atoms with Crippen LogP contribution < -0.4 is 4.72 Å². The molecule has 1 amide bonds. The number of rotatable bonds is 4. The summed E-state index contributed by atoms with van der Waals surface area (Å²) < 4.78 is 31.8. The molecule has 1 aromatic rings. The van der Waals surface area contributed by atoms with Crippen molar-refractivity contribution >= 4 is 15.9 Å². The maximum Gasteiger partial charge on any atom is 0.254 e. The van der Waals surface area contributed by atoms with Crippen molar-refractivity contribution in [1.82, 2.24) is 9.62 Å². The van der Waals surface area contributed by atoms with Crippen LogP contribution in [0.1, 0.15) is 17.3 Å². The van der Waals surface area contributed by atoms with E-state index < -0.39 is 10.0 Å². The lowest BCUT2D eigenvalue weighted by Gasteiger charge is -2.31. The van der Waals surface area contributed by atoms with Crippen molar-refractivity contribution in [3.63, 3.8) is 0 Å². The van der Waals surface area contributed by atoms with Gasteiger partial charge in [0, 0.05) is 18.7 Å². The van der Waals surface area contributed by atoms with Gasteiger partial charge in [0.2, 0.25) is 10.0 Å². The summed E-state index contributed by atoms with van der Waals surface area (Å²) >= 11 is 0. The van der Waals surface area contributed by atoms with Gasteiger partial charge in [-0.2, -0.15) is 4.72 Å². The predicted molar refractivity (Wildman–Crippen MR) is 81.8 cm³/mol. The Hall–Kier alpha value is -1.88. The second kappa shape index (κ2) is 6.92. The summed E-state index contributed by atoms with van der Waals surface area (Å²) in [4.78, 5) is 14.1. The fourth-order valence-corrected chi connectivity index (χ4v) is 3.18. The Balaban J connectivity index is 2.21. The minimum Gasteiger partial charge on any atom is -0.375 e. The number of terminal acetylenes is 1. The van der Waals surface area contributed by atoms with Gasteiger partial charge in [-0.1, -0.05) is 12.0 Å². The van der Waals surface area contributed by atoms with Crippen molar-refractivity contribution in [2.75, 3.05) is 26.2 Å². The highest BCUT2D eigenvalue weighted by Gasteiger charge is 2.23. The summed E-state index contributed by atoms with van der Waals surface area (Å²) in [7, 11) is -3.71. The van der Waals surface area contributed by atoms with E-state index in [1.807, 2.05) is 6.92 Å². The van der Waals surface area contributed by atoms with Crippen LogP contribution in [0.25, 0.3) is 0 Å². The van der Waals surface area contributed by atoms with Crippen molar-refractivity contribution in [3.05, 3.63) is 29.8 Å². The molecule has 1 heterocycles. The number of hydrogen-bond acceptors (Lipinski definition) is 4. The first-order valence-electron chi connectivity index (χ1n) is 6.88. The third kappa shape index (κ3) is 3.85. The maximum atomic E-state index is 12.5. The van der Waals surface area contributed by atoms with E-state index in [4.69, 9.17) is 11.2 Å². The topological polar surface area (TPSA) is 75.7 Å². The zero-order chi connectivity index (χ0) is 16.2. The Labute approximate surface area is 130 Å². The zero-order valence-corrected chi connectivity index (χ0v) is 13.1. The van der Waals surface area contributed by atoms with Gasteiger partial charge in [-0.15, -0.1) is 6.42 Å². The molecule has 2 rings (SSSR count). The molecule has 1 fully saturated rings. The number of carbonyl (C=O) groups excluding carboxylic acids is 1. The Kier molecular flexibility index (Phi) is 5.19.